The average Bonchev–Trinajstić information content (AvgIpc) is 2.73. The maximum Gasteiger partial charge on any atom is 0.260 e. The Bertz CT molecular complexity index is 1290. The number of rotatable bonds is 4. The lowest BCUT2D eigenvalue weighted by molar-refractivity contribution is 0.604. The molecule has 0 fully saturated rings. The lowest BCUT2D eigenvalue weighted by Gasteiger charge is -2.12. The summed E-state index contributed by atoms with van der Waals surface area (Å²) in [7, 11) is 0. The van der Waals surface area contributed by atoms with Crippen LogP contribution in [0.5, 0.6) is 0 Å². The highest BCUT2D eigenvalue weighted by atomic mass is 35.5. The summed E-state index contributed by atoms with van der Waals surface area (Å²) in [5.41, 5.74) is 4.76. The van der Waals surface area contributed by atoms with Gasteiger partial charge in [-0.2, -0.15) is 10.5 Å². The summed E-state index contributed by atoms with van der Waals surface area (Å²) >= 11 is 6.53. The van der Waals surface area contributed by atoms with Crippen LogP contribution in [0.3, 0.4) is 0 Å². The van der Waals surface area contributed by atoms with Crippen LogP contribution >= 0.6 is 11.6 Å². The maximum atomic E-state index is 13.1. The average molecular weight is 411 g/mol. The molecule has 0 radical (unpaired) electrons. The number of halogens is 2. The third-order valence-corrected chi connectivity index (χ3v) is 4.85. The van der Waals surface area contributed by atoms with Gasteiger partial charge < -0.3 is 0 Å². The topological polar surface area (TPSA) is 85.6 Å². The molecule has 0 spiro atoms. The first kappa shape index (κ1) is 18.9. The SMILES string of the molecule is CCn1c(=O)c(-c2ccc(-c3cncc(C)n3)cc2Cl)cc2cnc(NF)nc21. The molecule has 0 bridgehead atoms. The lowest BCUT2D eigenvalue weighted by atomic mass is 10.0. The summed E-state index contributed by atoms with van der Waals surface area (Å²) in [5.74, 6) is -0.200. The van der Waals surface area contributed by atoms with Gasteiger partial charge in [-0.25, -0.2) is 9.97 Å². The largest absolute Gasteiger partial charge is 0.292 e. The molecule has 9 heteroatoms. The summed E-state index contributed by atoms with van der Waals surface area (Å²) in [5, 5.41) is 1.01. The summed E-state index contributed by atoms with van der Waals surface area (Å²) in [6, 6.07) is 7.05. The number of hydrogen-bond donors (Lipinski definition) is 1. The Morgan fingerprint density at radius 2 is 1.97 bits per heavy atom. The van der Waals surface area contributed by atoms with Crippen LogP contribution < -0.4 is 11.1 Å². The number of hydrogen-bond acceptors (Lipinski definition) is 6. The predicted octanol–water partition coefficient (Wildman–Crippen LogP) is 4.19. The molecule has 1 N–H and O–H groups in total. The van der Waals surface area contributed by atoms with Crippen LogP contribution in [0.4, 0.5) is 10.4 Å². The Morgan fingerprint density at radius 3 is 2.66 bits per heavy atom. The molecule has 0 amide bonds. The molecule has 4 rings (SSSR count). The Balaban J connectivity index is 1.88. The fourth-order valence-electron chi connectivity index (χ4n) is 3.19. The molecular formula is C20H16ClFN6O. The monoisotopic (exact) mass is 410 g/mol. The van der Waals surface area contributed by atoms with E-state index in [1.807, 2.05) is 19.9 Å². The molecule has 146 valence electrons. The highest BCUT2D eigenvalue weighted by Gasteiger charge is 2.15. The van der Waals surface area contributed by atoms with Crippen LogP contribution in [0.1, 0.15) is 12.6 Å². The lowest BCUT2D eigenvalue weighted by Crippen LogP contribution is -2.22. The molecule has 3 heterocycles. The second-order valence-electron chi connectivity index (χ2n) is 6.41. The summed E-state index contributed by atoms with van der Waals surface area (Å²) in [6.45, 7) is 4.04. The minimum atomic E-state index is -0.270. The zero-order valence-electron chi connectivity index (χ0n) is 15.6. The third-order valence-electron chi connectivity index (χ3n) is 4.54. The molecular weight excluding hydrogens is 395 g/mol. The fourth-order valence-corrected chi connectivity index (χ4v) is 3.47. The van der Waals surface area contributed by atoms with Gasteiger partial charge in [-0.1, -0.05) is 23.7 Å². The first-order valence-electron chi connectivity index (χ1n) is 8.88. The van der Waals surface area contributed by atoms with Gasteiger partial charge in [0.1, 0.15) is 5.65 Å². The number of fused-ring (bicyclic) bond motifs is 1. The number of anilines is 1. The van der Waals surface area contributed by atoms with E-state index >= 15 is 0 Å². The van der Waals surface area contributed by atoms with E-state index in [4.69, 9.17) is 11.6 Å². The highest BCUT2D eigenvalue weighted by molar-refractivity contribution is 6.33. The Kier molecular flexibility index (Phi) is 4.94. The maximum absolute atomic E-state index is 13.1. The smallest absolute Gasteiger partial charge is 0.260 e. The van der Waals surface area contributed by atoms with Crippen molar-refractivity contribution in [1.82, 2.24) is 24.5 Å². The Labute approximate surface area is 170 Å². The van der Waals surface area contributed by atoms with E-state index in [0.717, 1.165) is 11.3 Å². The van der Waals surface area contributed by atoms with Crippen molar-refractivity contribution >= 4 is 28.6 Å². The van der Waals surface area contributed by atoms with Crippen LogP contribution in [0, 0.1) is 6.92 Å². The normalized spacial score (nSPS) is 11.0. The molecule has 0 saturated carbocycles. The number of pyridine rings is 1. The van der Waals surface area contributed by atoms with Crippen molar-refractivity contribution in [1.29, 1.82) is 0 Å². The number of nitrogens with zero attached hydrogens (tertiary/aromatic N) is 5. The molecule has 3 aromatic heterocycles. The minimum absolute atomic E-state index is 0.200. The fraction of sp³-hybridized carbons (Fsp3) is 0.150. The van der Waals surface area contributed by atoms with E-state index in [-0.39, 0.29) is 11.5 Å². The molecule has 0 aliphatic carbocycles. The van der Waals surface area contributed by atoms with Crippen molar-refractivity contribution in [3.63, 3.8) is 0 Å². The van der Waals surface area contributed by atoms with Gasteiger partial charge in [0.05, 0.1) is 17.6 Å². The van der Waals surface area contributed by atoms with Crippen LogP contribution in [0.2, 0.25) is 5.02 Å². The van der Waals surface area contributed by atoms with Gasteiger partial charge in [0.15, 0.2) is 0 Å². The molecule has 29 heavy (non-hydrogen) atoms. The van der Waals surface area contributed by atoms with Crippen LogP contribution in [0.25, 0.3) is 33.4 Å². The Hall–Kier alpha value is -3.39. The van der Waals surface area contributed by atoms with Gasteiger partial charge >= 0.3 is 0 Å². The third kappa shape index (κ3) is 3.42. The number of aryl methyl sites for hydroxylation is 2. The van der Waals surface area contributed by atoms with Gasteiger partial charge in [0.25, 0.3) is 11.5 Å². The zero-order chi connectivity index (χ0) is 20.5. The van der Waals surface area contributed by atoms with E-state index in [2.05, 4.69) is 19.9 Å². The van der Waals surface area contributed by atoms with Gasteiger partial charge in [0, 0.05) is 46.0 Å². The summed E-state index contributed by atoms with van der Waals surface area (Å²) < 4.78 is 14.2. The summed E-state index contributed by atoms with van der Waals surface area (Å²) in [4.78, 5) is 29.6. The number of nitrogens with one attached hydrogen (secondary N) is 1. The van der Waals surface area contributed by atoms with E-state index < -0.39 is 0 Å². The number of benzene rings is 1. The van der Waals surface area contributed by atoms with Gasteiger partial charge in [-0.05, 0) is 26.0 Å². The molecule has 1 aromatic carbocycles. The van der Waals surface area contributed by atoms with Crippen LogP contribution in [0.15, 0.2) is 47.7 Å². The molecule has 0 unspecified atom stereocenters. The second-order valence-corrected chi connectivity index (χ2v) is 6.82. The first-order valence-corrected chi connectivity index (χ1v) is 9.25. The van der Waals surface area contributed by atoms with E-state index in [0.29, 0.717) is 39.4 Å². The molecule has 7 nitrogen and oxygen atoms in total. The van der Waals surface area contributed by atoms with Crippen molar-refractivity contribution in [3.05, 3.63) is 63.9 Å². The molecule has 0 aliphatic heterocycles. The molecule has 0 aliphatic rings. The van der Waals surface area contributed by atoms with Crippen LogP contribution in [-0.2, 0) is 6.54 Å². The minimum Gasteiger partial charge on any atom is -0.292 e. The summed E-state index contributed by atoms with van der Waals surface area (Å²) in [6.07, 6.45) is 4.80. The van der Waals surface area contributed by atoms with Gasteiger partial charge in [-0.15, -0.1) is 4.48 Å². The number of aromatic nitrogens is 5. The standard InChI is InChI=1S/C20H16ClFN6O/c1-3-28-18-13(9-24-20(26-18)27-22)6-15(19(28)29)14-5-4-12(7-16(14)21)17-10-23-8-11(2)25-17/h4-10H,3H2,1-2H3,(H,24,26,27). The zero-order valence-corrected chi connectivity index (χ0v) is 16.4. The quantitative estimate of drug-likeness (QED) is 0.507. The van der Waals surface area contributed by atoms with Gasteiger partial charge in [0.2, 0.25) is 0 Å². The van der Waals surface area contributed by atoms with Crippen molar-refractivity contribution in [2.45, 2.75) is 20.4 Å². The molecule has 0 saturated heterocycles. The van der Waals surface area contributed by atoms with Crippen molar-refractivity contribution in [2.24, 2.45) is 0 Å². The highest BCUT2D eigenvalue weighted by Crippen LogP contribution is 2.31. The molecule has 0 atom stereocenters. The predicted molar refractivity (Wildman–Crippen MR) is 110 cm³/mol. The Morgan fingerprint density at radius 1 is 1.14 bits per heavy atom. The van der Waals surface area contributed by atoms with Crippen molar-refractivity contribution in [2.75, 3.05) is 5.54 Å². The van der Waals surface area contributed by atoms with E-state index in [9.17, 15) is 9.28 Å². The van der Waals surface area contributed by atoms with Crippen molar-refractivity contribution < 1.29 is 4.48 Å². The van der Waals surface area contributed by atoms with Gasteiger partial charge in [-0.3, -0.25) is 14.3 Å². The second kappa shape index (κ2) is 7.56. The van der Waals surface area contributed by atoms with E-state index in [1.54, 1.807) is 30.6 Å². The van der Waals surface area contributed by atoms with Crippen molar-refractivity contribution in [3.8, 4) is 22.4 Å². The molecule has 4 aromatic rings. The van der Waals surface area contributed by atoms with Crippen LogP contribution in [-0.4, -0.2) is 24.5 Å². The first-order chi connectivity index (χ1) is 14.0. The van der Waals surface area contributed by atoms with E-state index in [1.165, 1.54) is 16.3 Å².